The van der Waals surface area contributed by atoms with Crippen LogP contribution >= 0.6 is 11.6 Å². The summed E-state index contributed by atoms with van der Waals surface area (Å²) in [4.78, 5) is 34.2. The molecule has 47 heavy (non-hydrogen) atoms. The summed E-state index contributed by atoms with van der Waals surface area (Å²) >= 11 is 6.20. The molecule has 2 aliphatic rings. The number of aromatic nitrogens is 1. The topological polar surface area (TPSA) is 132 Å². The van der Waals surface area contributed by atoms with Crippen molar-refractivity contribution in [3.8, 4) is 0 Å². The number of piperazine rings is 1. The fourth-order valence-corrected chi connectivity index (χ4v) is 7.24. The molecule has 0 aliphatic carbocycles. The van der Waals surface area contributed by atoms with Crippen molar-refractivity contribution in [3.63, 3.8) is 0 Å². The molecule has 0 saturated carbocycles. The van der Waals surface area contributed by atoms with E-state index in [9.17, 15) is 18.0 Å². The lowest BCUT2D eigenvalue weighted by Crippen LogP contribution is -2.49. The molecular formula is C32H38ClF2N7O4S. The number of benzene rings is 2. The summed E-state index contributed by atoms with van der Waals surface area (Å²) in [5, 5.41) is 2.66. The molecule has 2 aliphatic heterocycles. The maximum Gasteiger partial charge on any atom is 0.298 e. The molecule has 3 heterocycles. The van der Waals surface area contributed by atoms with Crippen LogP contribution in [0.4, 0.5) is 20.3 Å². The van der Waals surface area contributed by atoms with Crippen molar-refractivity contribution in [2.45, 2.75) is 29.7 Å². The summed E-state index contributed by atoms with van der Waals surface area (Å²) in [6, 6.07) is 13.4. The first kappa shape index (κ1) is 34.6. The molecule has 0 bridgehead atoms. The zero-order chi connectivity index (χ0) is 33.9. The molecule has 1 aromatic heterocycles. The Morgan fingerprint density at radius 1 is 1.04 bits per heavy atom. The molecule has 0 unspecified atom stereocenters. The molecule has 2 saturated heterocycles. The van der Waals surface area contributed by atoms with Crippen LogP contribution in [0.2, 0.25) is 5.15 Å². The number of carbonyl (C=O) groups is 2. The minimum atomic E-state index is -3.85. The Labute approximate surface area is 278 Å². The lowest BCUT2D eigenvalue weighted by atomic mass is 9.99. The highest BCUT2D eigenvalue weighted by Crippen LogP contribution is 2.38. The first-order valence-electron chi connectivity index (χ1n) is 15.3. The summed E-state index contributed by atoms with van der Waals surface area (Å²) in [5.41, 5.74) is 6.04. The zero-order valence-corrected chi connectivity index (χ0v) is 27.8. The van der Waals surface area contributed by atoms with Crippen molar-refractivity contribution in [3.05, 3.63) is 82.5 Å². The van der Waals surface area contributed by atoms with Gasteiger partial charge in [-0.1, -0.05) is 23.7 Å². The van der Waals surface area contributed by atoms with E-state index in [-0.39, 0.29) is 83.0 Å². The number of nitrogens with two attached hydrogens (primary N) is 1. The van der Waals surface area contributed by atoms with Crippen molar-refractivity contribution >= 4 is 44.9 Å². The monoisotopic (exact) mass is 689 g/mol. The predicted molar refractivity (Wildman–Crippen MR) is 177 cm³/mol. The number of nitrogens with one attached hydrogen (secondary N) is 1. The number of sulfonamides is 1. The number of rotatable bonds is 11. The number of anilines is 2. The SMILES string of the molecule is CN(C)CCCNC(=O)c1ccc(C(F)(F)c2cc(Cl)nc(N3CCN(S(=O)(=O)c4ccc(N5C[C@H](N)CC5=O)cc4)CC3)c2)cc1. The molecular weight excluding hydrogens is 652 g/mol. The van der Waals surface area contributed by atoms with Crippen LogP contribution in [0.1, 0.15) is 34.3 Å². The van der Waals surface area contributed by atoms with E-state index < -0.39 is 15.9 Å². The van der Waals surface area contributed by atoms with E-state index in [1.165, 1.54) is 46.8 Å². The van der Waals surface area contributed by atoms with Crippen LogP contribution in [0.3, 0.4) is 0 Å². The van der Waals surface area contributed by atoms with Gasteiger partial charge in [0.25, 0.3) is 11.8 Å². The fourth-order valence-electron chi connectivity index (χ4n) is 5.61. The number of halogens is 3. The lowest BCUT2D eigenvalue weighted by Gasteiger charge is -2.35. The van der Waals surface area contributed by atoms with Gasteiger partial charge >= 0.3 is 0 Å². The van der Waals surface area contributed by atoms with E-state index in [2.05, 4.69) is 10.3 Å². The summed E-state index contributed by atoms with van der Waals surface area (Å²) < 4.78 is 59.5. The highest BCUT2D eigenvalue weighted by molar-refractivity contribution is 7.89. The minimum absolute atomic E-state index is 0.0845. The lowest BCUT2D eigenvalue weighted by molar-refractivity contribution is -0.117. The van der Waals surface area contributed by atoms with Gasteiger partial charge in [-0.3, -0.25) is 9.59 Å². The molecule has 3 N–H and O–H groups in total. The minimum Gasteiger partial charge on any atom is -0.354 e. The molecule has 0 radical (unpaired) electrons. The number of hydrogen-bond donors (Lipinski definition) is 2. The van der Waals surface area contributed by atoms with Crippen LogP contribution in [0.5, 0.6) is 0 Å². The second kappa shape index (κ2) is 14.2. The van der Waals surface area contributed by atoms with Crippen LogP contribution in [0, 0.1) is 0 Å². The van der Waals surface area contributed by atoms with E-state index >= 15 is 8.78 Å². The molecule has 3 aromatic rings. The highest BCUT2D eigenvalue weighted by Gasteiger charge is 2.36. The van der Waals surface area contributed by atoms with Crippen LogP contribution in [-0.2, 0) is 20.7 Å². The van der Waals surface area contributed by atoms with Crippen molar-refractivity contribution in [2.24, 2.45) is 5.73 Å². The van der Waals surface area contributed by atoms with E-state index in [0.717, 1.165) is 19.0 Å². The number of amides is 2. The van der Waals surface area contributed by atoms with Crippen LogP contribution < -0.4 is 20.9 Å². The average Bonchev–Trinajstić information content (AvgIpc) is 3.40. The maximum absolute atomic E-state index is 15.7. The third-order valence-corrected chi connectivity index (χ3v) is 10.3. The van der Waals surface area contributed by atoms with Crippen molar-refractivity contribution in [1.29, 1.82) is 0 Å². The van der Waals surface area contributed by atoms with Crippen molar-refractivity contribution in [1.82, 2.24) is 19.5 Å². The summed E-state index contributed by atoms with van der Waals surface area (Å²) in [6.45, 7) is 2.26. The molecule has 11 nitrogen and oxygen atoms in total. The molecule has 5 rings (SSSR count). The van der Waals surface area contributed by atoms with Crippen molar-refractivity contribution < 1.29 is 26.8 Å². The molecule has 2 amide bonds. The van der Waals surface area contributed by atoms with Gasteiger partial charge in [0.1, 0.15) is 11.0 Å². The fraction of sp³-hybridized carbons (Fsp3) is 0.406. The number of alkyl halides is 2. The molecule has 2 fully saturated rings. The second-order valence-electron chi connectivity index (χ2n) is 12.0. The Morgan fingerprint density at radius 3 is 2.30 bits per heavy atom. The van der Waals surface area contributed by atoms with Crippen LogP contribution in [-0.4, -0.2) is 100 Å². The Morgan fingerprint density at radius 2 is 1.70 bits per heavy atom. The summed E-state index contributed by atoms with van der Waals surface area (Å²) in [6.07, 6.45) is 1.01. The molecule has 0 spiro atoms. The van der Waals surface area contributed by atoms with Gasteiger partial charge in [0.15, 0.2) is 0 Å². The van der Waals surface area contributed by atoms with E-state index in [0.29, 0.717) is 18.8 Å². The van der Waals surface area contributed by atoms with Gasteiger partial charge in [-0.05, 0) is 75.6 Å². The third-order valence-electron chi connectivity index (χ3n) is 8.22. The van der Waals surface area contributed by atoms with Crippen LogP contribution in [0.25, 0.3) is 0 Å². The quantitative estimate of drug-likeness (QED) is 0.232. The zero-order valence-electron chi connectivity index (χ0n) is 26.2. The van der Waals surface area contributed by atoms with Gasteiger partial charge in [-0.15, -0.1) is 0 Å². The smallest absolute Gasteiger partial charge is 0.298 e. The van der Waals surface area contributed by atoms with E-state index in [1.807, 2.05) is 19.0 Å². The Hall–Kier alpha value is -3.69. The first-order chi connectivity index (χ1) is 22.3. The number of pyridine rings is 1. The van der Waals surface area contributed by atoms with Gasteiger partial charge in [0.05, 0.1) is 4.90 Å². The average molecular weight is 690 g/mol. The van der Waals surface area contributed by atoms with E-state index in [1.54, 1.807) is 21.9 Å². The number of hydrogen-bond acceptors (Lipinski definition) is 8. The van der Waals surface area contributed by atoms with Gasteiger partial charge in [0.2, 0.25) is 15.9 Å². The molecule has 2 aromatic carbocycles. The van der Waals surface area contributed by atoms with Gasteiger partial charge in [0, 0.05) is 74.1 Å². The standard InChI is InChI=1S/C32H38ClF2N7O4S/c1-39(2)13-3-12-37-31(44)22-4-6-23(7-5-22)32(34,35)24-18-28(33)38-29(19-24)40-14-16-41(17-15-40)47(45,46)27-10-8-26(9-11-27)42-21-25(36)20-30(42)43/h4-11,18-19,25H,3,12-17,20-21,36H2,1-2H3,(H,37,44)/t25-/m1/s1. The van der Waals surface area contributed by atoms with Gasteiger partial charge in [-0.2, -0.15) is 13.1 Å². The summed E-state index contributed by atoms with van der Waals surface area (Å²) in [7, 11) is 0.0295. The summed E-state index contributed by atoms with van der Waals surface area (Å²) in [5.74, 6) is -3.68. The normalized spacial score (nSPS) is 17.9. The second-order valence-corrected chi connectivity index (χ2v) is 14.3. The van der Waals surface area contributed by atoms with Gasteiger partial charge < -0.3 is 25.8 Å². The van der Waals surface area contributed by atoms with E-state index in [4.69, 9.17) is 17.3 Å². The number of carbonyl (C=O) groups excluding carboxylic acids is 2. The largest absolute Gasteiger partial charge is 0.354 e. The maximum atomic E-state index is 15.7. The Kier molecular flexibility index (Phi) is 10.5. The third kappa shape index (κ3) is 7.90. The molecule has 1 atom stereocenters. The Balaban J connectivity index is 1.23. The predicted octanol–water partition coefficient (Wildman–Crippen LogP) is 3.13. The number of nitrogens with zero attached hydrogens (tertiary/aromatic N) is 5. The molecule has 15 heteroatoms. The molecule has 252 valence electrons. The Bertz CT molecular complexity index is 1700. The van der Waals surface area contributed by atoms with Crippen molar-refractivity contribution in [2.75, 3.05) is 69.7 Å². The highest BCUT2D eigenvalue weighted by atomic mass is 35.5. The first-order valence-corrected chi connectivity index (χ1v) is 17.1. The van der Waals surface area contributed by atoms with Crippen LogP contribution in [0.15, 0.2) is 65.6 Å². The van der Waals surface area contributed by atoms with Gasteiger partial charge in [-0.25, -0.2) is 13.4 Å².